The third-order valence-electron chi connectivity index (χ3n) is 4.25. The molecule has 0 bridgehead atoms. The Balaban J connectivity index is 1.70. The summed E-state index contributed by atoms with van der Waals surface area (Å²) in [5.41, 5.74) is 3.70. The molecule has 28 heavy (non-hydrogen) atoms. The van der Waals surface area contributed by atoms with Gasteiger partial charge in [-0.3, -0.25) is 4.99 Å². The van der Waals surface area contributed by atoms with Crippen molar-refractivity contribution in [3.05, 3.63) is 69.7 Å². The van der Waals surface area contributed by atoms with E-state index in [1.807, 2.05) is 0 Å². The third-order valence-corrected chi connectivity index (χ3v) is 5.06. The number of hydrogen-bond donors (Lipinski definition) is 2. The van der Waals surface area contributed by atoms with Crippen molar-refractivity contribution < 1.29 is 14.6 Å². The van der Waals surface area contributed by atoms with Crippen LogP contribution in [0.2, 0.25) is 10.0 Å². The van der Waals surface area contributed by atoms with Crippen LogP contribution >= 0.6 is 23.2 Å². The SMILES string of the molecule is Cc1cc(O)cc(O)c1C=Nc1ccc2oc(-c3cccc(Cl)c3Cl)nc2c1. The zero-order valence-corrected chi connectivity index (χ0v) is 16.2. The molecule has 0 aliphatic carbocycles. The molecule has 5 nitrogen and oxygen atoms in total. The van der Waals surface area contributed by atoms with Gasteiger partial charge in [0.15, 0.2) is 5.58 Å². The Morgan fingerprint density at radius 3 is 2.68 bits per heavy atom. The van der Waals surface area contributed by atoms with E-state index in [2.05, 4.69) is 9.98 Å². The van der Waals surface area contributed by atoms with Crippen molar-refractivity contribution in [1.29, 1.82) is 0 Å². The molecule has 0 amide bonds. The number of phenols is 2. The minimum atomic E-state index is -0.0401. The number of phenolic OH excluding ortho intramolecular Hbond substituents is 2. The smallest absolute Gasteiger partial charge is 0.228 e. The van der Waals surface area contributed by atoms with Crippen LogP contribution in [0.5, 0.6) is 11.5 Å². The van der Waals surface area contributed by atoms with E-state index >= 15 is 0 Å². The number of aromatic nitrogens is 1. The molecular formula is C21H14Cl2N2O3. The van der Waals surface area contributed by atoms with Gasteiger partial charge in [-0.2, -0.15) is 0 Å². The van der Waals surface area contributed by atoms with Crippen molar-refractivity contribution in [1.82, 2.24) is 4.98 Å². The molecule has 0 atom stereocenters. The summed E-state index contributed by atoms with van der Waals surface area (Å²) in [6, 6.07) is 13.4. The Kier molecular flexibility index (Phi) is 4.71. The van der Waals surface area contributed by atoms with Crippen molar-refractivity contribution in [3.8, 4) is 23.0 Å². The first-order valence-electron chi connectivity index (χ1n) is 8.34. The molecule has 0 unspecified atom stereocenters. The maximum absolute atomic E-state index is 10.00. The Bertz CT molecular complexity index is 1210. The summed E-state index contributed by atoms with van der Waals surface area (Å²) in [6.07, 6.45) is 1.54. The molecule has 0 radical (unpaired) electrons. The van der Waals surface area contributed by atoms with E-state index in [1.165, 1.54) is 6.07 Å². The largest absolute Gasteiger partial charge is 0.508 e. The Morgan fingerprint density at radius 2 is 1.89 bits per heavy atom. The predicted octanol–water partition coefficient (Wildman–Crippen LogP) is 6.27. The first-order chi connectivity index (χ1) is 13.4. The fourth-order valence-corrected chi connectivity index (χ4v) is 3.23. The molecule has 4 rings (SSSR count). The van der Waals surface area contributed by atoms with Gasteiger partial charge >= 0.3 is 0 Å². The zero-order valence-electron chi connectivity index (χ0n) is 14.6. The highest BCUT2D eigenvalue weighted by atomic mass is 35.5. The first-order valence-corrected chi connectivity index (χ1v) is 9.09. The molecule has 0 saturated carbocycles. The topological polar surface area (TPSA) is 78.9 Å². The molecule has 1 heterocycles. The maximum Gasteiger partial charge on any atom is 0.228 e. The molecular weight excluding hydrogens is 399 g/mol. The second kappa shape index (κ2) is 7.19. The molecule has 3 aromatic carbocycles. The minimum absolute atomic E-state index is 0.00312. The number of fused-ring (bicyclic) bond motifs is 1. The summed E-state index contributed by atoms with van der Waals surface area (Å²) < 4.78 is 5.79. The predicted molar refractivity (Wildman–Crippen MR) is 111 cm³/mol. The van der Waals surface area contributed by atoms with Crippen LogP contribution in [-0.4, -0.2) is 21.4 Å². The van der Waals surface area contributed by atoms with E-state index in [1.54, 1.807) is 55.6 Å². The number of oxazole rings is 1. The van der Waals surface area contributed by atoms with E-state index in [0.717, 1.165) is 0 Å². The standard InChI is InChI=1S/C21H14Cl2N2O3/c1-11-7-13(26)9-18(27)15(11)10-24-12-5-6-19-17(8-12)25-21(28-19)14-3-2-4-16(22)20(14)23/h2-10,26-27H,1H3. The molecule has 0 spiro atoms. The molecule has 140 valence electrons. The van der Waals surface area contributed by atoms with Crippen LogP contribution in [0.1, 0.15) is 11.1 Å². The molecule has 2 N–H and O–H groups in total. The van der Waals surface area contributed by atoms with Gasteiger partial charge in [0.2, 0.25) is 5.89 Å². The highest BCUT2D eigenvalue weighted by molar-refractivity contribution is 6.43. The summed E-state index contributed by atoms with van der Waals surface area (Å²) in [5.74, 6) is 0.334. The van der Waals surface area contributed by atoms with Gasteiger partial charge < -0.3 is 14.6 Å². The van der Waals surface area contributed by atoms with Crippen LogP contribution in [0, 0.1) is 6.92 Å². The molecule has 1 aromatic heterocycles. The lowest BCUT2D eigenvalue weighted by atomic mass is 10.1. The second-order valence-corrected chi connectivity index (χ2v) is 7.01. The van der Waals surface area contributed by atoms with E-state index in [4.69, 9.17) is 27.6 Å². The van der Waals surface area contributed by atoms with Crippen molar-refractivity contribution in [2.24, 2.45) is 4.99 Å². The highest BCUT2D eigenvalue weighted by Gasteiger charge is 2.14. The van der Waals surface area contributed by atoms with Crippen LogP contribution in [0.4, 0.5) is 5.69 Å². The summed E-state index contributed by atoms with van der Waals surface area (Å²) in [7, 11) is 0. The number of halogens is 2. The van der Waals surface area contributed by atoms with Crippen molar-refractivity contribution in [2.75, 3.05) is 0 Å². The van der Waals surface area contributed by atoms with Gasteiger partial charge in [0.1, 0.15) is 17.0 Å². The van der Waals surface area contributed by atoms with E-state index in [0.29, 0.717) is 49.4 Å². The number of nitrogens with zero attached hydrogens (tertiary/aromatic N) is 2. The van der Waals surface area contributed by atoms with Crippen LogP contribution in [0.3, 0.4) is 0 Å². The number of rotatable bonds is 3. The van der Waals surface area contributed by atoms with Crippen molar-refractivity contribution >= 4 is 46.2 Å². The number of hydrogen-bond acceptors (Lipinski definition) is 5. The van der Waals surface area contributed by atoms with Gasteiger partial charge in [-0.15, -0.1) is 0 Å². The van der Waals surface area contributed by atoms with Crippen LogP contribution < -0.4 is 0 Å². The van der Waals surface area contributed by atoms with Gasteiger partial charge in [0.25, 0.3) is 0 Å². The lowest BCUT2D eigenvalue weighted by Gasteiger charge is -2.04. The summed E-state index contributed by atoms with van der Waals surface area (Å²) in [5, 5.41) is 20.3. The Labute approximate surface area is 170 Å². The number of aromatic hydroxyl groups is 2. The molecule has 0 saturated heterocycles. The van der Waals surface area contributed by atoms with Crippen LogP contribution in [-0.2, 0) is 0 Å². The van der Waals surface area contributed by atoms with E-state index in [9.17, 15) is 10.2 Å². The van der Waals surface area contributed by atoms with Gasteiger partial charge in [0.05, 0.1) is 21.3 Å². The van der Waals surface area contributed by atoms with Crippen molar-refractivity contribution in [2.45, 2.75) is 6.92 Å². The zero-order chi connectivity index (χ0) is 19.8. The molecule has 0 aliphatic heterocycles. The number of aryl methyl sites for hydroxylation is 1. The minimum Gasteiger partial charge on any atom is -0.508 e. The monoisotopic (exact) mass is 412 g/mol. The van der Waals surface area contributed by atoms with Gasteiger partial charge in [-0.05, 0) is 48.9 Å². The lowest BCUT2D eigenvalue weighted by Crippen LogP contribution is -1.87. The molecule has 0 fully saturated rings. The van der Waals surface area contributed by atoms with Gasteiger partial charge in [-0.1, -0.05) is 29.3 Å². The average molecular weight is 413 g/mol. The summed E-state index contributed by atoms with van der Waals surface area (Å²) >= 11 is 12.3. The summed E-state index contributed by atoms with van der Waals surface area (Å²) in [6.45, 7) is 1.78. The Hall–Kier alpha value is -3.02. The fourth-order valence-electron chi connectivity index (χ4n) is 2.85. The van der Waals surface area contributed by atoms with Crippen LogP contribution in [0.15, 0.2) is 57.9 Å². The summed E-state index contributed by atoms with van der Waals surface area (Å²) in [4.78, 5) is 8.88. The van der Waals surface area contributed by atoms with Crippen molar-refractivity contribution in [3.63, 3.8) is 0 Å². The first kappa shape index (κ1) is 18.3. The quantitative estimate of drug-likeness (QED) is 0.388. The van der Waals surface area contributed by atoms with Gasteiger partial charge in [0, 0.05) is 17.8 Å². The van der Waals surface area contributed by atoms with Crippen LogP contribution in [0.25, 0.3) is 22.6 Å². The second-order valence-electron chi connectivity index (χ2n) is 6.23. The number of benzene rings is 3. The van der Waals surface area contributed by atoms with E-state index in [-0.39, 0.29) is 11.5 Å². The maximum atomic E-state index is 10.00. The fraction of sp³-hybridized carbons (Fsp3) is 0.0476. The molecule has 7 heteroatoms. The average Bonchev–Trinajstić information content (AvgIpc) is 3.06. The third kappa shape index (κ3) is 3.42. The number of aliphatic imine (C=N–C) groups is 1. The normalized spacial score (nSPS) is 11.5. The van der Waals surface area contributed by atoms with E-state index < -0.39 is 0 Å². The van der Waals surface area contributed by atoms with Gasteiger partial charge in [-0.25, -0.2) is 4.98 Å². The lowest BCUT2D eigenvalue weighted by molar-refractivity contribution is 0.449. The molecule has 0 aliphatic rings. The molecule has 4 aromatic rings. The Morgan fingerprint density at radius 1 is 1.07 bits per heavy atom. The highest BCUT2D eigenvalue weighted by Crippen LogP contribution is 2.35.